The van der Waals surface area contributed by atoms with Crippen molar-refractivity contribution in [2.24, 2.45) is 0 Å². The average Bonchev–Trinajstić information content (AvgIpc) is 2.45. The van der Waals surface area contributed by atoms with Crippen LogP contribution in [0.3, 0.4) is 0 Å². The van der Waals surface area contributed by atoms with Crippen LogP contribution in [0.4, 0.5) is 0 Å². The SMILES string of the molecule is CC(C)N(Cc1ccccn1)C(=O)c1cc[nH]c(=O)c1. The molecule has 0 fully saturated rings. The largest absolute Gasteiger partial charge is 0.330 e. The van der Waals surface area contributed by atoms with Gasteiger partial charge in [0.2, 0.25) is 5.56 Å². The standard InChI is InChI=1S/C15H17N3O2/c1-11(2)18(10-13-5-3-4-7-16-13)15(20)12-6-8-17-14(19)9-12/h3-9,11H,10H2,1-2H3,(H,17,19). The second-order valence-electron chi connectivity index (χ2n) is 4.79. The summed E-state index contributed by atoms with van der Waals surface area (Å²) in [5.74, 6) is -0.170. The van der Waals surface area contributed by atoms with E-state index < -0.39 is 0 Å². The molecule has 1 amide bonds. The van der Waals surface area contributed by atoms with Crippen LogP contribution in [0.5, 0.6) is 0 Å². The number of H-pyrrole nitrogens is 1. The van der Waals surface area contributed by atoms with Crippen LogP contribution in [-0.2, 0) is 6.54 Å². The highest BCUT2D eigenvalue weighted by molar-refractivity contribution is 5.94. The van der Waals surface area contributed by atoms with Crippen LogP contribution in [0.2, 0.25) is 0 Å². The summed E-state index contributed by atoms with van der Waals surface area (Å²) in [5.41, 5.74) is 0.926. The number of aromatic amines is 1. The molecular formula is C15H17N3O2. The highest BCUT2D eigenvalue weighted by Gasteiger charge is 2.19. The number of aromatic nitrogens is 2. The molecule has 2 aromatic rings. The lowest BCUT2D eigenvalue weighted by Crippen LogP contribution is -2.37. The molecule has 0 aliphatic carbocycles. The Morgan fingerprint density at radius 3 is 2.75 bits per heavy atom. The Morgan fingerprint density at radius 1 is 1.35 bits per heavy atom. The van der Waals surface area contributed by atoms with Crippen LogP contribution in [0.25, 0.3) is 0 Å². The predicted molar refractivity (Wildman–Crippen MR) is 76.3 cm³/mol. The lowest BCUT2D eigenvalue weighted by Gasteiger charge is -2.26. The van der Waals surface area contributed by atoms with Crippen molar-refractivity contribution in [3.05, 3.63) is 64.3 Å². The zero-order valence-corrected chi connectivity index (χ0v) is 11.5. The summed E-state index contributed by atoms with van der Waals surface area (Å²) in [6.45, 7) is 4.30. The zero-order valence-electron chi connectivity index (χ0n) is 11.5. The Kier molecular flexibility index (Phi) is 4.30. The van der Waals surface area contributed by atoms with Crippen LogP contribution in [0, 0.1) is 0 Å². The van der Waals surface area contributed by atoms with E-state index in [0.717, 1.165) is 5.69 Å². The monoisotopic (exact) mass is 271 g/mol. The summed E-state index contributed by atoms with van der Waals surface area (Å²) >= 11 is 0. The van der Waals surface area contributed by atoms with Gasteiger partial charge >= 0.3 is 0 Å². The van der Waals surface area contributed by atoms with Gasteiger partial charge in [-0.15, -0.1) is 0 Å². The number of amides is 1. The van der Waals surface area contributed by atoms with Crippen molar-refractivity contribution >= 4 is 5.91 Å². The molecule has 5 nitrogen and oxygen atoms in total. The molecule has 104 valence electrons. The van der Waals surface area contributed by atoms with Crippen molar-refractivity contribution in [1.82, 2.24) is 14.9 Å². The number of hydrogen-bond donors (Lipinski definition) is 1. The fraction of sp³-hybridized carbons (Fsp3) is 0.267. The van der Waals surface area contributed by atoms with Crippen molar-refractivity contribution in [3.8, 4) is 0 Å². The van der Waals surface area contributed by atoms with Gasteiger partial charge in [0.1, 0.15) is 0 Å². The van der Waals surface area contributed by atoms with Crippen LogP contribution in [0.1, 0.15) is 29.9 Å². The van der Waals surface area contributed by atoms with Crippen molar-refractivity contribution in [3.63, 3.8) is 0 Å². The molecule has 0 aliphatic rings. The normalized spacial score (nSPS) is 10.6. The molecule has 0 atom stereocenters. The number of nitrogens with zero attached hydrogens (tertiary/aromatic N) is 2. The molecule has 1 N–H and O–H groups in total. The minimum atomic E-state index is -0.280. The van der Waals surface area contributed by atoms with E-state index in [4.69, 9.17) is 0 Å². The number of carbonyl (C=O) groups excluding carboxylic acids is 1. The summed E-state index contributed by atoms with van der Waals surface area (Å²) < 4.78 is 0. The molecular weight excluding hydrogens is 254 g/mol. The van der Waals surface area contributed by atoms with Gasteiger partial charge in [0.15, 0.2) is 0 Å². The van der Waals surface area contributed by atoms with Gasteiger partial charge in [0.05, 0.1) is 12.2 Å². The summed E-state index contributed by atoms with van der Waals surface area (Å²) in [4.78, 5) is 32.2. The third-order valence-electron chi connectivity index (χ3n) is 2.96. The molecule has 5 heteroatoms. The van der Waals surface area contributed by atoms with Gasteiger partial charge in [0, 0.05) is 30.1 Å². The maximum atomic E-state index is 12.5. The van der Waals surface area contributed by atoms with E-state index in [2.05, 4.69) is 9.97 Å². The van der Waals surface area contributed by atoms with Crippen molar-refractivity contribution < 1.29 is 4.79 Å². The van der Waals surface area contributed by atoms with Gasteiger partial charge in [-0.2, -0.15) is 0 Å². The summed E-state index contributed by atoms with van der Waals surface area (Å²) in [6, 6.07) is 8.54. The first kappa shape index (κ1) is 14.0. The lowest BCUT2D eigenvalue weighted by molar-refractivity contribution is 0.0687. The number of rotatable bonds is 4. The average molecular weight is 271 g/mol. The van der Waals surface area contributed by atoms with Gasteiger partial charge in [-0.05, 0) is 32.0 Å². The Balaban J connectivity index is 2.25. The zero-order chi connectivity index (χ0) is 14.5. The minimum Gasteiger partial charge on any atom is -0.330 e. The molecule has 0 unspecified atom stereocenters. The summed E-state index contributed by atoms with van der Waals surface area (Å²) in [5, 5.41) is 0. The molecule has 0 bridgehead atoms. The van der Waals surface area contributed by atoms with Crippen LogP contribution < -0.4 is 5.56 Å². The highest BCUT2D eigenvalue weighted by Crippen LogP contribution is 2.10. The second-order valence-corrected chi connectivity index (χ2v) is 4.79. The molecule has 0 saturated carbocycles. The fourth-order valence-electron chi connectivity index (χ4n) is 1.90. The minimum absolute atomic E-state index is 0.0174. The predicted octanol–water partition coefficient (Wildman–Crippen LogP) is 1.82. The molecule has 2 heterocycles. The van der Waals surface area contributed by atoms with Crippen LogP contribution in [0.15, 0.2) is 47.5 Å². The lowest BCUT2D eigenvalue weighted by atomic mass is 10.2. The van der Waals surface area contributed by atoms with Crippen LogP contribution >= 0.6 is 0 Å². The number of pyridine rings is 2. The highest BCUT2D eigenvalue weighted by atomic mass is 16.2. The van der Waals surface area contributed by atoms with E-state index in [1.165, 1.54) is 12.3 Å². The topological polar surface area (TPSA) is 66.1 Å². The molecule has 2 rings (SSSR count). The second kappa shape index (κ2) is 6.14. The van der Waals surface area contributed by atoms with Gasteiger partial charge in [-0.1, -0.05) is 6.07 Å². The third-order valence-corrected chi connectivity index (χ3v) is 2.96. The first-order valence-corrected chi connectivity index (χ1v) is 6.47. The third kappa shape index (κ3) is 3.32. The summed E-state index contributed by atoms with van der Waals surface area (Å²) in [7, 11) is 0. The molecule has 2 aromatic heterocycles. The van der Waals surface area contributed by atoms with Crippen LogP contribution in [-0.4, -0.2) is 26.8 Å². The van der Waals surface area contributed by atoms with E-state index in [1.807, 2.05) is 32.0 Å². The maximum Gasteiger partial charge on any atom is 0.254 e. The number of nitrogens with one attached hydrogen (secondary N) is 1. The van der Waals surface area contributed by atoms with E-state index in [9.17, 15) is 9.59 Å². The van der Waals surface area contributed by atoms with Gasteiger partial charge < -0.3 is 9.88 Å². The van der Waals surface area contributed by atoms with E-state index >= 15 is 0 Å². The molecule has 0 radical (unpaired) electrons. The maximum absolute atomic E-state index is 12.5. The Bertz CT molecular complexity index is 635. The fourth-order valence-corrected chi connectivity index (χ4v) is 1.90. The molecule has 0 spiro atoms. The number of hydrogen-bond acceptors (Lipinski definition) is 3. The first-order chi connectivity index (χ1) is 9.58. The van der Waals surface area contributed by atoms with Crippen molar-refractivity contribution in [2.45, 2.75) is 26.4 Å². The first-order valence-electron chi connectivity index (χ1n) is 6.47. The van der Waals surface area contributed by atoms with Gasteiger partial charge in [0.25, 0.3) is 5.91 Å². The Labute approximate surface area is 117 Å². The molecule has 0 aliphatic heterocycles. The van der Waals surface area contributed by atoms with Gasteiger partial charge in [-0.25, -0.2) is 0 Å². The van der Waals surface area contributed by atoms with E-state index in [1.54, 1.807) is 17.2 Å². The smallest absolute Gasteiger partial charge is 0.254 e. The van der Waals surface area contributed by atoms with Gasteiger partial charge in [-0.3, -0.25) is 14.6 Å². The molecule has 0 saturated heterocycles. The Morgan fingerprint density at radius 2 is 2.15 bits per heavy atom. The quantitative estimate of drug-likeness (QED) is 0.922. The molecule has 0 aromatic carbocycles. The van der Waals surface area contributed by atoms with E-state index in [-0.39, 0.29) is 17.5 Å². The molecule has 20 heavy (non-hydrogen) atoms. The van der Waals surface area contributed by atoms with Crippen molar-refractivity contribution in [2.75, 3.05) is 0 Å². The van der Waals surface area contributed by atoms with E-state index in [0.29, 0.717) is 12.1 Å². The van der Waals surface area contributed by atoms with Crippen molar-refractivity contribution in [1.29, 1.82) is 0 Å². The summed E-state index contributed by atoms with van der Waals surface area (Å²) in [6.07, 6.45) is 3.18. The Hall–Kier alpha value is -2.43. The number of carbonyl (C=O) groups is 1.